The second-order valence-corrected chi connectivity index (χ2v) is 4.83. The zero-order valence-electron chi connectivity index (χ0n) is 9.08. The van der Waals surface area contributed by atoms with Gasteiger partial charge in [0.05, 0.1) is 0 Å². The summed E-state index contributed by atoms with van der Waals surface area (Å²) in [6.45, 7) is 0. The predicted octanol–water partition coefficient (Wildman–Crippen LogP) is 0.532. The van der Waals surface area contributed by atoms with Crippen LogP contribution < -0.4 is 11.5 Å². The van der Waals surface area contributed by atoms with E-state index in [1.54, 1.807) is 0 Å². The first kappa shape index (κ1) is 11.0. The van der Waals surface area contributed by atoms with Gasteiger partial charge in [0.15, 0.2) is 0 Å². The van der Waals surface area contributed by atoms with Crippen molar-refractivity contribution in [3.63, 3.8) is 0 Å². The van der Waals surface area contributed by atoms with Crippen molar-refractivity contribution < 1.29 is 10.4 Å². The van der Waals surface area contributed by atoms with Crippen molar-refractivity contribution in [2.24, 2.45) is 45.5 Å². The van der Waals surface area contributed by atoms with Gasteiger partial charge >= 0.3 is 0 Å². The third-order valence-electron chi connectivity index (χ3n) is 4.15. The quantitative estimate of drug-likeness (QED) is 0.238. The van der Waals surface area contributed by atoms with Crippen molar-refractivity contribution in [2.75, 3.05) is 0 Å². The maximum atomic E-state index is 8.71. The number of nitrogens with zero attached hydrogens (tertiary/aromatic N) is 2. The summed E-state index contributed by atoms with van der Waals surface area (Å²) in [5.74, 6) is 1.76. The molecule has 0 aromatic heterocycles. The van der Waals surface area contributed by atoms with E-state index in [1.165, 1.54) is 0 Å². The molecule has 4 unspecified atom stereocenters. The van der Waals surface area contributed by atoms with Crippen LogP contribution in [-0.2, 0) is 0 Å². The lowest BCUT2D eigenvalue weighted by molar-refractivity contribution is 0.100. The van der Waals surface area contributed by atoms with Crippen LogP contribution >= 0.6 is 0 Å². The molecular weight excluding hydrogens is 208 g/mol. The Morgan fingerprint density at radius 3 is 1.50 bits per heavy atom. The third-order valence-corrected chi connectivity index (χ3v) is 4.15. The predicted molar refractivity (Wildman–Crippen MR) is 59.2 cm³/mol. The van der Waals surface area contributed by atoms with Crippen LogP contribution in [-0.4, -0.2) is 22.1 Å². The fourth-order valence-electron chi connectivity index (χ4n) is 3.30. The topological polar surface area (TPSA) is 117 Å². The van der Waals surface area contributed by atoms with Crippen LogP contribution in [0.3, 0.4) is 0 Å². The molecule has 3 fully saturated rings. The zero-order chi connectivity index (χ0) is 11.7. The molecule has 6 nitrogen and oxygen atoms in total. The van der Waals surface area contributed by atoms with E-state index < -0.39 is 0 Å². The van der Waals surface area contributed by atoms with Crippen LogP contribution in [0.15, 0.2) is 10.3 Å². The molecule has 3 aliphatic carbocycles. The van der Waals surface area contributed by atoms with E-state index in [-0.39, 0.29) is 11.8 Å². The maximum Gasteiger partial charge on any atom is 0.142 e. The number of amidine groups is 2. The minimum atomic E-state index is 0.159. The highest BCUT2D eigenvalue weighted by atomic mass is 16.4. The van der Waals surface area contributed by atoms with E-state index in [1.807, 2.05) is 0 Å². The highest BCUT2D eigenvalue weighted by Gasteiger charge is 2.44. The van der Waals surface area contributed by atoms with Crippen molar-refractivity contribution in [1.29, 1.82) is 0 Å². The number of nitrogens with two attached hydrogens (primary N) is 2. The minimum Gasteiger partial charge on any atom is -0.409 e. The van der Waals surface area contributed by atoms with E-state index in [0.717, 1.165) is 25.7 Å². The first-order valence-electron chi connectivity index (χ1n) is 5.62. The smallest absolute Gasteiger partial charge is 0.142 e. The van der Waals surface area contributed by atoms with Crippen molar-refractivity contribution in [3.05, 3.63) is 0 Å². The monoisotopic (exact) mass is 226 g/mol. The summed E-state index contributed by atoms with van der Waals surface area (Å²) in [5, 5.41) is 23.6. The highest BCUT2D eigenvalue weighted by Crippen LogP contribution is 2.48. The van der Waals surface area contributed by atoms with Gasteiger partial charge in [0.25, 0.3) is 0 Å². The summed E-state index contributed by atoms with van der Waals surface area (Å²) in [5.41, 5.74) is 11.4. The van der Waals surface area contributed by atoms with E-state index in [0.29, 0.717) is 23.5 Å². The number of rotatable bonds is 2. The normalized spacial score (nSPS) is 40.0. The van der Waals surface area contributed by atoms with Gasteiger partial charge in [-0.05, 0) is 37.5 Å². The van der Waals surface area contributed by atoms with Crippen LogP contribution in [0.2, 0.25) is 0 Å². The Labute approximate surface area is 94.0 Å². The van der Waals surface area contributed by atoms with E-state index in [2.05, 4.69) is 10.3 Å². The standard InChI is InChI=1S/C10H18N4O2/c11-9(13-15)7-4-6-2-1-5(7)3-8(6)10(12)14-16/h5-8,15-16H,1-4H2,(H2,11,13)(H2,12,14). The molecule has 6 N–H and O–H groups in total. The van der Waals surface area contributed by atoms with Crippen LogP contribution in [0.5, 0.6) is 0 Å². The Hall–Kier alpha value is -1.46. The lowest BCUT2D eigenvalue weighted by Gasteiger charge is -2.46. The second kappa shape index (κ2) is 4.19. The van der Waals surface area contributed by atoms with Crippen LogP contribution in [0.25, 0.3) is 0 Å². The average Bonchev–Trinajstić information content (AvgIpc) is 2.37. The molecule has 0 spiro atoms. The molecule has 90 valence electrons. The lowest BCUT2D eigenvalue weighted by atomic mass is 9.59. The van der Waals surface area contributed by atoms with Crippen LogP contribution in [0, 0.1) is 23.7 Å². The van der Waals surface area contributed by atoms with Gasteiger partial charge in [-0.2, -0.15) is 0 Å². The fraction of sp³-hybridized carbons (Fsp3) is 0.800. The third kappa shape index (κ3) is 1.68. The highest BCUT2D eigenvalue weighted by molar-refractivity contribution is 5.85. The molecule has 0 radical (unpaired) electrons. The van der Waals surface area contributed by atoms with Gasteiger partial charge in [0, 0.05) is 11.8 Å². The maximum absolute atomic E-state index is 8.71. The van der Waals surface area contributed by atoms with Gasteiger partial charge < -0.3 is 21.9 Å². The molecule has 2 bridgehead atoms. The Morgan fingerprint density at radius 1 is 0.875 bits per heavy atom. The molecule has 0 aliphatic heterocycles. The summed E-state index contributed by atoms with van der Waals surface area (Å²) >= 11 is 0. The van der Waals surface area contributed by atoms with Crippen molar-refractivity contribution in [1.82, 2.24) is 0 Å². The summed E-state index contributed by atoms with van der Waals surface area (Å²) in [6, 6.07) is 0. The van der Waals surface area contributed by atoms with Crippen LogP contribution in [0.1, 0.15) is 25.7 Å². The molecule has 0 aromatic carbocycles. The Balaban J connectivity index is 2.12. The molecule has 3 rings (SSSR count). The molecular formula is C10H18N4O2. The van der Waals surface area contributed by atoms with Crippen molar-refractivity contribution >= 4 is 11.7 Å². The number of hydrogen-bond donors (Lipinski definition) is 4. The largest absolute Gasteiger partial charge is 0.409 e. The van der Waals surface area contributed by atoms with E-state index in [9.17, 15) is 0 Å². The minimum absolute atomic E-state index is 0.159. The first-order valence-corrected chi connectivity index (χ1v) is 5.62. The van der Waals surface area contributed by atoms with Gasteiger partial charge in [0.1, 0.15) is 11.7 Å². The van der Waals surface area contributed by atoms with Gasteiger partial charge in [0.2, 0.25) is 0 Å². The Kier molecular flexibility index (Phi) is 2.89. The Morgan fingerprint density at radius 2 is 1.25 bits per heavy atom. The second-order valence-electron chi connectivity index (χ2n) is 4.83. The summed E-state index contributed by atoms with van der Waals surface area (Å²) in [6.07, 6.45) is 3.92. The average molecular weight is 226 g/mol. The molecule has 3 saturated carbocycles. The van der Waals surface area contributed by atoms with Crippen molar-refractivity contribution in [2.45, 2.75) is 25.7 Å². The lowest BCUT2D eigenvalue weighted by Crippen LogP contribution is -2.47. The zero-order valence-corrected chi connectivity index (χ0v) is 9.08. The van der Waals surface area contributed by atoms with Gasteiger partial charge in [-0.25, -0.2) is 0 Å². The number of fused-ring (bicyclic) bond motifs is 3. The molecule has 0 saturated heterocycles. The molecule has 3 aliphatic rings. The van der Waals surface area contributed by atoms with Gasteiger partial charge in [-0.3, -0.25) is 0 Å². The van der Waals surface area contributed by atoms with Gasteiger partial charge in [-0.1, -0.05) is 10.3 Å². The fourth-order valence-corrected chi connectivity index (χ4v) is 3.30. The molecule has 6 heteroatoms. The molecule has 4 atom stereocenters. The van der Waals surface area contributed by atoms with E-state index in [4.69, 9.17) is 21.9 Å². The molecule has 0 aromatic rings. The number of oxime groups is 2. The van der Waals surface area contributed by atoms with Crippen LogP contribution in [0.4, 0.5) is 0 Å². The summed E-state index contributed by atoms with van der Waals surface area (Å²) < 4.78 is 0. The Bertz CT molecular complexity index is 297. The van der Waals surface area contributed by atoms with Gasteiger partial charge in [-0.15, -0.1) is 0 Å². The van der Waals surface area contributed by atoms with E-state index >= 15 is 0 Å². The number of hydrogen-bond acceptors (Lipinski definition) is 4. The summed E-state index contributed by atoms with van der Waals surface area (Å²) in [7, 11) is 0. The first-order chi connectivity index (χ1) is 7.67. The molecule has 0 amide bonds. The molecule has 0 heterocycles. The SMILES string of the molecule is N/C(=N\O)C1CC2CCC1CC2/C(N)=N/O. The molecule has 16 heavy (non-hydrogen) atoms. The summed E-state index contributed by atoms with van der Waals surface area (Å²) in [4.78, 5) is 0. The van der Waals surface area contributed by atoms with Crippen molar-refractivity contribution in [3.8, 4) is 0 Å².